The molecule has 4 heterocycles. The summed E-state index contributed by atoms with van der Waals surface area (Å²) in [5.41, 5.74) is -0.647. The van der Waals surface area contributed by atoms with E-state index < -0.39 is 30.4 Å². The molecule has 3 aromatic rings. The summed E-state index contributed by atoms with van der Waals surface area (Å²) < 4.78 is 67.4. The second-order valence-electron chi connectivity index (χ2n) is 8.87. The van der Waals surface area contributed by atoms with E-state index in [9.17, 15) is 26.7 Å². The monoisotopic (exact) mass is 468 g/mol. The van der Waals surface area contributed by atoms with Crippen LogP contribution in [0.5, 0.6) is 0 Å². The maximum atomic E-state index is 13.1. The molecule has 0 amide bonds. The lowest BCUT2D eigenvalue weighted by molar-refractivity contribution is -0.141. The predicted octanol–water partition coefficient (Wildman–Crippen LogP) is 3.89. The largest absolute Gasteiger partial charge is 0.433 e. The molecule has 5 rings (SSSR count). The third kappa shape index (κ3) is 3.95. The molecule has 0 aromatic carbocycles. The molecule has 3 aromatic heterocycles. The number of fused-ring (bicyclic) bond motifs is 1. The number of anilines is 1. The first kappa shape index (κ1) is 21.8. The van der Waals surface area contributed by atoms with E-state index >= 15 is 0 Å². The molecular formula is C21H21F5N6O. The van der Waals surface area contributed by atoms with Gasteiger partial charge in [0.1, 0.15) is 17.8 Å². The molecule has 0 bridgehead atoms. The minimum absolute atomic E-state index is 0.0586. The van der Waals surface area contributed by atoms with Gasteiger partial charge in [0.2, 0.25) is 0 Å². The minimum Gasteiger partial charge on any atom is -0.371 e. The Labute approximate surface area is 184 Å². The standard InChI is InChI=1S/C21H21F5N6O/c22-17(23)10-32-18-15(9-29-32)28-12-31(19(18)33)14-1-3-20(8-14)4-6-30(11-20)13-2-5-27-16(7-13)21(24,25)26/h2,5,7,9,12,14,17H,1,3-4,6,8,10-11H2. The fourth-order valence-corrected chi connectivity index (χ4v) is 5.23. The Morgan fingerprint density at radius 1 is 1.21 bits per heavy atom. The summed E-state index contributed by atoms with van der Waals surface area (Å²) in [6.07, 6.45) is -0.269. The van der Waals surface area contributed by atoms with Gasteiger partial charge >= 0.3 is 6.18 Å². The molecule has 2 unspecified atom stereocenters. The fraction of sp³-hybridized carbons (Fsp3) is 0.524. The molecule has 1 saturated carbocycles. The van der Waals surface area contributed by atoms with Gasteiger partial charge in [0.25, 0.3) is 12.0 Å². The van der Waals surface area contributed by atoms with Gasteiger partial charge in [-0.2, -0.15) is 18.3 Å². The Morgan fingerprint density at radius 2 is 2.03 bits per heavy atom. The summed E-state index contributed by atoms with van der Waals surface area (Å²) in [6.45, 7) is 0.514. The van der Waals surface area contributed by atoms with Gasteiger partial charge in [0.05, 0.1) is 12.5 Å². The third-order valence-electron chi connectivity index (χ3n) is 6.80. The smallest absolute Gasteiger partial charge is 0.371 e. The topological polar surface area (TPSA) is 68.8 Å². The van der Waals surface area contributed by atoms with Crippen molar-refractivity contribution in [3.05, 3.63) is 46.9 Å². The van der Waals surface area contributed by atoms with Crippen molar-refractivity contribution in [3.8, 4) is 0 Å². The summed E-state index contributed by atoms with van der Waals surface area (Å²) in [5, 5.41) is 3.87. The Balaban J connectivity index is 1.37. The maximum absolute atomic E-state index is 13.1. The fourth-order valence-electron chi connectivity index (χ4n) is 5.23. The van der Waals surface area contributed by atoms with E-state index in [1.54, 1.807) is 6.07 Å². The second kappa shape index (κ2) is 7.77. The van der Waals surface area contributed by atoms with Gasteiger partial charge in [0, 0.05) is 31.0 Å². The molecular weight excluding hydrogens is 447 g/mol. The molecule has 0 N–H and O–H groups in total. The number of alkyl halides is 5. The number of halogens is 5. The first-order chi connectivity index (χ1) is 15.7. The Morgan fingerprint density at radius 3 is 2.79 bits per heavy atom. The highest BCUT2D eigenvalue weighted by atomic mass is 19.4. The van der Waals surface area contributed by atoms with Gasteiger partial charge in [-0.1, -0.05) is 0 Å². The Kier molecular flexibility index (Phi) is 5.13. The predicted molar refractivity (Wildman–Crippen MR) is 109 cm³/mol. The van der Waals surface area contributed by atoms with Crippen molar-refractivity contribution in [3.63, 3.8) is 0 Å². The first-order valence-electron chi connectivity index (χ1n) is 10.6. The highest BCUT2D eigenvalue weighted by molar-refractivity contribution is 5.72. The maximum Gasteiger partial charge on any atom is 0.433 e. The molecule has 2 aliphatic rings. The van der Waals surface area contributed by atoms with Gasteiger partial charge in [0.15, 0.2) is 5.52 Å². The van der Waals surface area contributed by atoms with Crippen LogP contribution in [0.2, 0.25) is 0 Å². The zero-order valence-corrected chi connectivity index (χ0v) is 17.5. The van der Waals surface area contributed by atoms with Crippen LogP contribution in [-0.2, 0) is 12.7 Å². The lowest BCUT2D eigenvalue weighted by atomic mass is 9.85. The van der Waals surface area contributed by atoms with Gasteiger partial charge in [-0.3, -0.25) is 19.0 Å². The first-order valence-corrected chi connectivity index (χ1v) is 10.6. The molecule has 176 valence electrons. The van der Waals surface area contributed by atoms with Gasteiger partial charge in [-0.25, -0.2) is 13.8 Å². The summed E-state index contributed by atoms with van der Waals surface area (Å²) in [4.78, 5) is 22.7. The molecule has 1 aliphatic carbocycles. The van der Waals surface area contributed by atoms with Crippen molar-refractivity contribution in [1.82, 2.24) is 24.3 Å². The van der Waals surface area contributed by atoms with Gasteiger partial charge in [-0.05, 0) is 43.2 Å². The van der Waals surface area contributed by atoms with E-state index in [2.05, 4.69) is 15.1 Å². The van der Waals surface area contributed by atoms with Crippen LogP contribution in [0.1, 0.15) is 37.4 Å². The van der Waals surface area contributed by atoms with Crippen molar-refractivity contribution in [1.29, 1.82) is 0 Å². The molecule has 1 saturated heterocycles. The molecule has 33 heavy (non-hydrogen) atoms. The number of aromatic nitrogens is 5. The van der Waals surface area contributed by atoms with Gasteiger partial charge in [-0.15, -0.1) is 0 Å². The van der Waals surface area contributed by atoms with Crippen molar-refractivity contribution in [2.45, 2.75) is 50.9 Å². The highest BCUT2D eigenvalue weighted by Crippen LogP contribution is 2.50. The number of hydrogen-bond acceptors (Lipinski definition) is 5. The number of nitrogens with zero attached hydrogens (tertiary/aromatic N) is 6. The highest BCUT2D eigenvalue weighted by Gasteiger charge is 2.45. The number of pyridine rings is 1. The second-order valence-corrected chi connectivity index (χ2v) is 8.87. The molecule has 1 spiro atoms. The molecule has 2 atom stereocenters. The van der Waals surface area contributed by atoms with Crippen LogP contribution in [0.4, 0.5) is 27.6 Å². The Bertz CT molecular complexity index is 1240. The van der Waals surface area contributed by atoms with Crippen LogP contribution in [0, 0.1) is 5.41 Å². The third-order valence-corrected chi connectivity index (χ3v) is 6.80. The average molecular weight is 468 g/mol. The van der Waals surface area contributed by atoms with Crippen molar-refractivity contribution in [2.24, 2.45) is 5.41 Å². The van der Waals surface area contributed by atoms with Crippen molar-refractivity contribution in [2.75, 3.05) is 18.0 Å². The van der Waals surface area contributed by atoms with Crippen LogP contribution in [0.3, 0.4) is 0 Å². The minimum atomic E-state index is -4.50. The van der Waals surface area contributed by atoms with E-state index in [0.29, 0.717) is 31.6 Å². The Hall–Kier alpha value is -3.05. The summed E-state index contributed by atoms with van der Waals surface area (Å²) in [7, 11) is 0. The average Bonchev–Trinajstić information content (AvgIpc) is 3.48. The molecule has 1 aliphatic heterocycles. The summed E-state index contributed by atoms with van der Waals surface area (Å²) in [6, 6.07) is 2.48. The number of hydrogen-bond donors (Lipinski definition) is 0. The lowest BCUT2D eigenvalue weighted by Gasteiger charge is -2.26. The van der Waals surface area contributed by atoms with E-state index in [1.165, 1.54) is 23.3 Å². The zero-order chi connectivity index (χ0) is 23.4. The quantitative estimate of drug-likeness (QED) is 0.544. The molecule has 7 nitrogen and oxygen atoms in total. The normalized spacial score (nSPS) is 23.5. The molecule has 2 fully saturated rings. The molecule has 12 heteroatoms. The van der Waals surface area contributed by atoms with E-state index in [-0.39, 0.29) is 22.5 Å². The van der Waals surface area contributed by atoms with Crippen LogP contribution in [-0.4, -0.2) is 43.8 Å². The van der Waals surface area contributed by atoms with Crippen LogP contribution in [0.15, 0.2) is 35.6 Å². The lowest BCUT2D eigenvalue weighted by Crippen LogP contribution is -2.28. The van der Waals surface area contributed by atoms with Crippen molar-refractivity contribution >= 4 is 16.7 Å². The van der Waals surface area contributed by atoms with Gasteiger partial charge < -0.3 is 4.90 Å². The van der Waals surface area contributed by atoms with Crippen LogP contribution >= 0.6 is 0 Å². The van der Waals surface area contributed by atoms with E-state index in [0.717, 1.165) is 23.6 Å². The zero-order valence-electron chi connectivity index (χ0n) is 17.5. The van der Waals surface area contributed by atoms with Crippen LogP contribution < -0.4 is 10.5 Å². The SMILES string of the molecule is O=c1c2c(cnn2CC(F)F)ncn1C1CCC2(CCN(c3ccnc(C(F)(F)F)c3)C2)C1. The molecule has 0 radical (unpaired) electrons. The summed E-state index contributed by atoms with van der Waals surface area (Å²) >= 11 is 0. The summed E-state index contributed by atoms with van der Waals surface area (Å²) in [5.74, 6) is 0. The van der Waals surface area contributed by atoms with E-state index in [4.69, 9.17) is 0 Å². The van der Waals surface area contributed by atoms with E-state index in [1.807, 2.05) is 4.90 Å². The number of rotatable bonds is 4. The van der Waals surface area contributed by atoms with Crippen molar-refractivity contribution < 1.29 is 22.0 Å². The van der Waals surface area contributed by atoms with Crippen LogP contribution in [0.25, 0.3) is 11.0 Å².